The van der Waals surface area contributed by atoms with Crippen LogP contribution in [0.2, 0.25) is 0 Å². The van der Waals surface area contributed by atoms with Gasteiger partial charge in [0.05, 0.1) is 30.7 Å². The highest BCUT2D eigenvalue weighted by molar-refractivity contribution is 5.98. The zero-order valence-corrected chi connectivity index (χ0v) is 20.4. The Kier molecular flexibility index (Phi) is 7.47. The maximum absolute atomic E-state index is 12.1. The van der Waals surface area contributed by atoms with Crippen LogP contribution >= 0.6 is 0 Å². The number of carbonyl (C=O) groups excluding carboxylic acids is 2. The second-order valence-corrected chi connectivity index (χ2v) is 8.41. The van der Waals surface area contributed by atoms with Gasteiger partial charge in [-0.25, -0.2) is 4.98 Å². The Balaban J connectivity index is 1.56. The summed E-state index contributed by atoms with van der Waals surface area (Å²) in [6.07, 6.45) is 8.79. The Bertz CT molecular complexity index is 1250. The molecule has 3 heterocycles. The number of nitrogens with two attached hydrogens (primary N) is 1. The Morgan fingerprint density at radius 1 is 1.31 bits per heavy atom. The summed E-state index contributed by atoms with van der Waals surface area (Å²) in [6.45, 7) is 6.89. The lowest BCUT2D eigenvalue weighted by Gasteiger charge is -2.32. The SMILES string of the molecule is C=CC(=O)N1CCC[C@@H](n2cc(Nc3ncc(C(N)=O)c(Nc4c(CC)cccc4OC)n3)cn2)C1. The van der Waals surface area contributed by atoms with Gasteiger partial charge in [-0.05, 0) is 37.0 Å². The molecule has 2 amide bonds. The number of nitrogens with one attached hydrogen (secondary N) is 2. The number of ether oxygens (including phenoxy) is 1. The number of rotatable bonds is 9. The van der Waals surface area contributed by atoms with Gasteiger partial charge in [0, 0.05) is 25.5 Å². The van der Waals surface area contributed by atoms with Crippen molar-refractivity contribution in [3.63, 3.8) is 0 Å². The van der Waals surface area contributed by atoms with Crippen LogP contribution in [0, 0.1) is 0 Å². The normalized spacial score (nSPS) is 15.3. The largest absolute Gasteiger partial charge is 0.495 e. The van der Waals surface area contributed by atoms with Gasteiger partial charge in [0.25, 0.3) is 5.91 Å². The van der Waals surface area contributed by atoms with Crippen LogP contribution in [0.5, 0.6) is 5.75 Å². The molecule has 3 aromatic rings. The predicted molar refractivity (Wildman–Crippen MR) is 137 cm³/mol. The van der Waals surface area contributed by atoms with Crippen molar-refractivity contribution in [2.45, 2.75) is 32.2 Å². The second kappa shape index (κ2) is 10.9. The lowest BCUT2D eigenvalue weighted by molar-refractivity contribution is -0.127. The second-order valence-electron chi connectivity index (χ2n) is 8.41. The molecule has 4 rings (SSSR count). The highest BCUT2D eigenvalue weighted by Gasteiger charge is 2.24. The van der Waals surface area contributed by atoms with E-state index >= 15 is 0 Å². The van der Waals surface area contributed by atoms with Crippen LogP contribution in [0.1, 0.15) is 41.7 Å². The molecule has 1 aliphatic rings. The summed E-state index contributed by atoms with van der Waals surface area (Å²) in [4.78, 5) is 34.6. The number of methoxy groups -OCH3 is 1. The molecule has 4 N–H and O–H groups in total. The third-order valence-electron chi connectivity index (χ3n) is 6.13. The van der Waals surface area contributed by atoms with Gasteiger partial charge in [0.15, 0.2) is 0 Å². The lowest BCUT2D eigenvalue weighted by Crippen LogP contribution is -2.39. The van der Waals surface area contributed by atoms with E-state index < -0.39 is 5.91 Å². The van der Waals surface area contributed by atoms with Gasteiger partial charge in [0.1, 0.15) is 17.1 Å². The summed E-state index contributed by atoms with van der Waals surface area (Å²) >= 11 is 0. The maximum Gasteiger partial charge on any atom is 0.254 e. The van der Waals surface area contributed by atoms with Crippen molar-refractivity contribution in [3.05, 3.63) is 60.6 Å². The van der Waals surface area contributed by atoms with Gasteiger partial charge in [-0.3, -0.25) is 14.3 Å². The first-order valence-electron chi connectivity index (χ1n) is 11.8. The Labute approximate surface area is 209 Å². The molecule has 0 saturated carbocycles. The van der Waals surface area contributed by atoms with E-state index in [4.69, 9.17) is 10.5 Å². The number of anilines is 4. The van der Waals surface area contributed by atoms with Crippen molar-refractivity contribution < 1.29 is 14.3 Å². The number of aryl methyl sites for hydroxylation is 1. The molecule has 1 fully saturated rings. The number of primary amides is 1. The fraction of sp³-hybridized carbons (Fsp3) is 0.320. The van der Waals surface area contributed by atoms with Crippen LogP contribution < -0.4 is 21.1 Å². The average molecular weight is 491 g/mol. The molecule has 2 aromatic heterocycles. The fourth-order valence-electron chi connectivity index (χ4n) is 4.25. The first-order valence-corrected chi connectivity index (χ1v) is 11.8. The molecule has 0 unspecified atom stereocenters. The van der Waals surface area contributed by atoms with Gasteiger partial charge in [-0.2, -0.15) is 10.1 Å². The zero-order valence-electron chi connectivity index (χ0n) is 20.4. The lowest BCUT2D eigenvalue weighted by atomic mass is 10.1. The first kappa shape index (κ1) is 24.7. The van der Waals surface area contributed by atoms with Gasteiger partial charge in [-0.1, -0.05) is 25.6 Å². The van der Waals surface area contributed by atoms with E-state index in [1.807, 2.05) is 36.0 Å². The third kappa shape index (κ3) is 5.29. The van der Waals surface area contributed by atoms with Crippen molar-refractivity contribution in [3.8, 4) is 5.75 Å². The van der Waals surface area contributed by atoms with Gasteiger partial charge >= 0.3 is 0 Å². The van der Waals surface area contributed by atoms with Crippen LogP contribution in [0.25, 0.3) is 0 Å². The summed E-state index contributed by atoms with van der Waals surface area (Å²) < 4.78 is 7.33. The van der Waals surface area contributed by atoms with Crippen LogP contribution in [-0.4, -0.2) is 56.7 Å². The number of carbonyl (C=O) groups is 2. The van der Waals surface area contributed by atoms with Crippen LogP contribution in [0.3, 0.4) is 0 Å². The summed E-state index contributed by atoms with van der Waals surface area (Å²) in [5, 5.41) is 10.8. The first-order chi connectivity index (χ1) is 17.4. The zero-order chi connectivity index (χ0) is 25.7. The molecule has 0 bridgehead atoms. The van der Waals surface area contributed by atoms with Gasteiger partial charge < -0.3 is 26.0 Å². The van der Waals surface area contributed by atoms with E-state index in [0.29, 0.717) is 23.7 Å². The monoisotopic (exact) mass is 490 g/mol. The molecule has 1 aliphatic heterocycles. The highest BCUT2D eigenvalue weighted by atomic mass is 16.5. The van der Waals surface area contributed by atoms with Crippen molar-refractivity contribution >= 4 is 35.0 Å². The number of nitrogens with zero attached hydrogens (tertiary/aromatic N) is 5. The number of aromatic nitrogens is 4. The topological polar surface area (TPSA) is 140 Å². The summed E-state index contributed by atoms with van der Waals surface area (Å²) in [6, 6.07) is 5.77. The number of para-hydroxylation sites is 1. The molecular weight excluding hydrogens is 460 g/mol. The molecule has 1 atom stereocenters. The minimum absolute atomic E-state index is 0.0617. The van der Waals surface area contributed by atoms with Crippen LogP contribution in [-0.2, 0) is 11.2 Å². The predicted octanol–water partition coefficient (Wildman–Crippen LogP) is 3.18. The number of hydrogen-bond acceptors (Lipinski definition) is 8. The third-order valence-corrected chi connectivity index (χ3v) is 6.13. The molecule has 11 nitrogen and oxygen atoms in total. The smallest absolute Gasteiger partial charge is 0.254 e. The Morgan fingerprint density at radius 3 is 2.86 bits per heavy atom. The van der Waals surface area contributed by atoms with Crippen molar-refractivity contribution in [2.24, 2.45) is 5.73 Å². The average Bonchev–Trinajstić information content (AvgIpc) is 3.36. The van der Waals surface area contributed by atoms with E-state index in [1.165, 1.54) is 12.3 Å². The molecule has 36 heavy (non-hydrogen) atoms. The molecule has 188 valence electrons. The van der Waals surface area contributed by atoms with E-state index in [-0.39, 0.29) is 29.3 Å². The number of hydrogen-bond donors (Lipinski definition) is 3. The number of amides is 2. The van der Waals surface area contributed by atoms with E-state index in [9.17, 15) is 9.59 Å². The Hall–Kier alpha value is -4.41. The summed E-state index contributed by atoms with van der Waals surface area (Å²) in [5.41, 5.74) is 8.11. The minimum Gasteiger partial charge on any atom is -0.495 e. The van der Waals surface area contributed by atoms with Crippen molar-refractivity contribution in [1.29, 1.82) is 0 Å². The van der Waals surface area contributed by atoms with E-state index in [1.54, 1.807) is 18.2 Å². The van der Waals surface area contributed by atoms with Gasteiger partial charge in [0.2, 0.25) is 11.9 Å². The molecule has 1 saturated heterocycles. The molecular formula is C25H30N8O3. The summed E-state index contributed by atoms with van der Waals surface area (Å²) in [7, 11) is 1.58. The molecule has 0 aliphatic carbocycles. The highest BCUT2D eigenvalue weighted by Crippen LogP contribution is 2.32. The molecule has 0 radical (unpaired) electrons. The minimum atomic E-state index is -0.652. The van der Waals surface area contributed by atoms with Crippen molar-refractivity contribution in [2.75, 3.05) is 30.8 Å². The Morgan fingerprint density at radius 2 is 2.14 bits per heavy atom. The number of benzene rings is 1. The fourth-order valence-corrected chi connectivity index (χ4v) is 4.25. The molecule has 0 spiro atoms. The standard InChI is InChI=1S/C25H30N8O3/c1-4-16-8-6-10-20(36-3)22(16)30-24-19(23(26)35)13-27-25(31-24)29-17-12-28-33(14-17)18-9-7-11-32(15-18)21(34)5-2/h5-6,8,10,12-14,18H,2,4,7,9,11,15H2,1,3H3,(H2,26,35)(H2,27,29,30,31)/t18-/m1/s1. The summed E-state index contributed by atoms with van der Waals surface area (Å²) in [5.74, 6) is 0.422. The van der Waals surface area contributed by atoms with Crippen molar-refractivity contribution in [1.82, 2.24) is 24.6 Å². The quantitative estimate of drug-likeness (QED) is 0.389. The van der Waals surface area contributed by atoms with Crippen LogP contribution in [0.4, 0.5) is 23.1 Å². The van der Waals surface area contributed by atoms with E-state index in [2.05, 4.69) is 32.3 Å². The molecule has 11 heteroatoms. The maximum atomic E-state index is 12.1. The number of piperidine rings is 1. The van der Waals surface area contributed by atoms with Gasteiger partial charge in [-0.15, -0.1) is 0 Å². The number of likely N-dealkylation sites (tertiary alicyclic amines) is 1. The molecule has 1 aromatic carbocycles. The van der Waals surface area contributed by atoms with E-state index in [0.717, 1.165) is 31.4 Å². The van der Waals surface area contributed by atoms with Crippen LogP contribution in [0.15, 0.2) is 49.4 Å².